The standard InChI is InChI=1S/C22H21N3O3/c26-22(8-6-17-5-7-20-18(15-17)9-13-27-20)24-19-3-1-2-4-21(19)28-14-12-25-11-10-23-16-25/h1-8,10-11,15-16H,9,12-14H2,(H,24,26)/b8-6+. The lowest BCUT2D eigenvalue weighted by Crippen LogP contribution is -2.11. The van der Waals surface area contributed by atoms with Crippen molar-refractivity contribution in [1.82, 2.24) is 9.55 Å². The molecule has 0 saturated heterocycles. The van der Waals surface area contributed by atoms with Crippen molar-refractivity contribution < 1.29 is 14.3 Å². The number of carbonyl (C=O) groups excluding carboxylic acids is 1. The van der Waals surface area contributed by atoms with E-state index in [-0.39, 0.29) is 5.91 Å². The van der Waals surface area contributed by atoms with Gasteiger partial charge in [-0.1, -0.05) is 18.2 Å². The number of benzene rings is 2. The molecule has 0 bridgehead atoms. The minimum absolute atomic E-state index is 0.206. The molecular weight excluding hydrogens is 354 g/mol. The van der Waals surface area contributed by atoms with Crippen molar-refractivity contribution in [2.75, 3.05) is 18.5 Å². The number of ether oxygens (including phenoxy) is 2. The molecule has 6 nitrogen and oxygen atoms in total. The summed E-state index contributed by atoms with van der Waals surface area (Å²) in [4.78, 5) is 16.3. The van der Waals surface area contributed by atoms with E-state index in [9.17, 15) is 4.79 Å². The molecule has 1 aromatic heterocycles. The van der Waals surface area contributed by atoms with Crippen molar-refractivity contribution in [2.24, 2.45) is 0 Å². The molecule has 6 heteroatoms. The number of anilines is 1. The zero-order valence-corrected chi connectivity index (χ0v) is 15.4. The highest BCUT2D eigenvalue weighted by atomic mass is 16.5. The molecule has 1 amide bonds. The smallest absolute Gasteiger partial charge is 0.248 e. The van der Waals surface area contributed by atoms with Crippen LogP contribution in [0.15, 0.2) is 67.3 Å². The average molecular weight is 375 g/mol. The Morgan fingerprint density at radius 2 is 2.21 bits per heavy atom. The van der Waals surface area contributed by atoms with Gasteiger partial charge in [0.25, 0.3) is 0 Å². The summed E-state index contributed by atoms with van der Waals surface area (Å²) >= 11 is 0. The first-order chi connectivity index (χ1) is 13.8. The van der Waals surface area contributed by atoms with Crippen LogP contribution < -0.4 is 14.8 Å². The molecule has 1 aliphatic heterocycles. The largest absolute Gasteiger partial charge is 0.493 e. The predicted molar refractivity (Wildman–Crippen MR) is 107 cm³/mol. The molecule has 1 N–H and O–H groups in total. The number of hydrogen-bond donors (Lipinski definition) is 1. The Kier molecular flexibility index (Phi) is 5.38. The van der Waals surface area contributed by atoms with E-state index in [4.69, 9.17) is 9.47 Å². The third kappa shape index (κ3) is 4.40. The van der Waals surface area contributed by atoms with Gasteiger partial charge >= 0.3 is 0 Å². The van der Waals surface area contributed by atoms with Gasteiger partial charge in [0.2, 0.25) is 5.91 Å². The van der Waals surface area contributed by atoms with Gasteiger partial charge in [0, 0.05) is 24.9 Å². The van der Waals surface area contributed by atoms with Crippen LogP contribution in [-0.2, 0) is 17.8 Å². The molecule has 0 atom stereocenters. The average Bonchev–Trinajstić information content (AvgIpc) is 3.39. The maximum Gasteiger partial charge on any atom is 0.248 e. The Bertz CT molecular complexity index is 980. The number of para-hydroxylation sites is 2. The second kappa shape index (κ2) is 8.43. The summed E-state index contributed by atoms with van der Waals surface area (Å²) in [7, 11) is 0. The van der Waals surface area contributed by atoms with Gasteiger partial charge in [-0.2, -0.15) is 0 Å². The highest BCUT2D eigenvalue weighted by Gasteiger charge is 2.11. The summed E-state index contributed by atoms with van der Waals surface area (Å²) in [6.45, 7) is 1.89. The van der Waals surface area contributed by atoms with Crippen LogP contribution >= 0.6 is 0 Å². The van der Waals surface area contributed by atoms with Crippen molar-refractivity contribution >= 4 is 17.7 Å². The summed E-state index contributed by atoms with van der Waals surface area (Å²) < 4.78 is 13.3. The van der Waals surface area contributed by atoms with Crippen LogP contribution in [0, 0.1) is 0 Å². The topological polar surface area (TPSA) is 65.4 Å². The highest BCUT2D eigenvalue weighted by molar-refractivity contribution is 6.02. The van der Waals surface area contributed by atoms with Gasteiger partial charge in [-0.05, 0) is 41.5 Å². The number of imidazole rings is 1. The molecule has 0 aliphatic carbocycles. The molecular formula is C22H21N3O3. The van der Waals surface area contributed by atoms with E-state index in [1.165, 1.54) is 11.6 Å². The molecule has 0 radical (unpaired) electrons. The number of carbonyl (C=O) groups is 1. The number of fused-ring (bicyclic) bond motifs is 1. The number of hydrogen-bond acceptors (Lipinski definition) is 4. The Morgan fingerprint density at radius 3 is 3.11 bits per heavy atom. The molecule has 2 heterocycles. The minimum Gasteiger partial charge on any atom is -0.493 e. The number of rotatable bonds is 7. The number of amides is 1. The molecule has 28 heavy (non-hydrogen) atoms. The Labute approximate surface area is 163 Å². The molecule has 0 saturated carbocycles. The van der Waals surface area contributed by atoms with E-state index in [0.29, 0.717) is 24.6 Å². The fourth-order valence-corrected chi connectivity index (χ4v) is 3.03. The highest BCUT2D eigenvalue weighted by Crippen LogP contribution is 2.26. The lowest BCUT2D eigenvalue weighted by molar-refractivity contribution is -0.111. The SMILES string of the molecule is O=C(/C=C/c1ccc2c(c1)CCO2)Nc1ccccc1OCCn1ccnc1. The summed E-state index contributed by atoms with van der Waals surface area (Å²) in [5.41, 5.74) is 2.80. The van der Waals surface area contributed by atoms with E-state index in [1.54, 1.807) is 18.6 Å². The van der Waals surface area contributed by atoms with E-state index < -0.39 is 0 Å². The Hall–Kier alpha value is -3.54. The van der Waals surface area contributed by atoms with E-state index in [1.807, 2.05) is 47.2 Å². The van der Waals surface area contributed by atoms with Gasteiger partial charge in [-0.3, -0.25) is 4.79 Å². The maximum atomic E-state index is 12.3. The summed E-state index contributed by atoms with van der Waals surface area (Å²) in [6.07, 6.45) is 9.59. The maximum absolute atomic E-state index is 12.3. The van der Waals surface area contributed by atoms with Gasteiger partial charge in [0.1, 0.15) is 18.1 Å². The quantitative estimate of drug-likeness (QED) is 0.642. The summed E-state index contributed by atoms with van der Waals surface area (Å²) in [5.74, 6) is 1.37. The van der Waals surface area contributed by atoms with Gasteiger partial charge in [0.05, 0.1) is 25.2 Å². The van der Waals surface area contributed by atoms with Crippen LogP contribution in [0.4, 0.5) is 5.69 Å². The fraction of sp³-hybridized carbons (Fsp3) is 0.182. The third-order valence-electron chi connectivity index (χ3n) is 4.45. The normalized spacial score (nSPS) is 12.6. The molecule has 2 aromatic carbocycles. The first kappa shape index (κ1) is 17.9. The van der Waals surface area contributed by atoms with Crippen molar-refractivity contribution in [3.8, 4) is 11.5 Å². The van der Waals surface area contributed by atoms with Gasteiger partial charge in [-0.15, -0.1) is 0 Å². The Balaban J connectivity index is 1.36. The summed E-state index contributed by atoms with van der Waals surface area (Å²) in [6, 6.07) is 13.4. The van der Waals surface area contributed by atoms with Gasteiger partial charge in [-0.25, -0.2) is 4.98 Å². The molecule has 0 spiro atoms. The first-order valence-corrected chi connectivity index (χ1v) is 9.20. The van der Waals surface area contributed by atoms with Crippen LogP contribution in [0.25, 0.3) is 6.08 Å². The first-order valence-electron chi connectivity index (χ1n) is 9.20. The van der Waals surface area contributed by atoms with Crippen LogP contribution in [0.1, 0.15) is 11.1 Å². The van der Waals surface area contributed by atoms with Crippen LogP contribution in [0.2, 0.25) is 0 Å². The van der Waals surface area contributed by atoms with Gasteiger partial charge < -0.3 is 19.4 Å². The fourth-order valence-electron chi connectivity index (χ4n) is 3.03. The zero-order chi connectivity index (χ0) is 19.2. The van der Waals surface area contributed by atoms with Crippen molar-refractivity contribution in [2.45, 2.75) is 13.0 Å². The van der Waals surface area contributed by atoms with Crippen LogP contribution in [-0.4, -0.2) is 28.7 Å². The molecule has 142 valence electrons. The van der Waals surface area contributed by atoms with E-state index in [2.05, 4.69) is 16.4 Å². The monoisotopic (exact) mass is 375 g/mol. The number of nitrogens with one attached hydrogen (secondary N) is 1. The predicted octanol–water partition coefficient (Wildman–Crippen LogP) is 3.55. The Morgan fingerprint density at radius 1 is 1.29 bits per heavy atom. The molecule has 0 unspecified atom stereocenters. The van der Waals surface area contributed by atoms with Crippen LogP contribution in [0.5, 0.6) is 11.5 Å². The second-order valence-electron chi connectivity index (χ2n) is 6.43. The molecule has 4 rings (SSSR count). The second-order valence-corrected chi connectivity index (χ2v) is 6.43. The zero-order valence-electron chi connectivity index (χ0n) is 15.4. The lowest BCUT2D eigenvalue weighted by atomic mass is 10.1. The minimum atomic E-state index is -0.206. The van der Waals surface area contributed by atoms with Crippen molar-refractivity contribution in [3.05, 3.63) is 78.4 Å². The van der Waals surface area contributed by atoms with E-state index >= 15 is 0 Å². The number of nitrogens with zero attached hydrogens (tertiary/aromatic N) is 2. The number of aromatic nitrogens is 2. The third-order valence-corrected chi connectivity index (χ3v) is 4.45. The molecule has 3 aromatic rings. The molecule has 0 fully saturated rings. The van der Waals surface area contributed by atoms with E-state index in [0.717, 1.165) is 24.3 Å². The van der Waals surface area contributed by atoms with Gasteiger partial charge in [0.15, 0.2) is 0 Å². The van der Waals surface area contributed by atoms with Crippen LogP contribution in [0.3, 0.4) is 0 Å². The summed E-state index contributed by atoms with van der Waals surface area (Å²) in [5, 5.41) is 2.88. The van der Waals surface area contributed by atoms with Crippen molar-refractivity contribution in [3.63, 3.8) is 0 Å². The lowest BCUT2D eigenvalue weighted by Gasteiger charge is -2.12. The molecule has 1 aliphatic rings. The van der Waals surface area contributed by atoms with Crippen molar-refractivity contribution in [1.29, 1.82) is 0 Å².